The molecule has 0 saturated heterocycles. The van der Waals surface area contributed by atoms with E-state index in [1.165, 1.54) is 0 Å². The van der Waals surface area contributed by atoms with Gasteiger partial charge in [-0.3, -0.25) is 9.59 Å². The van der Waals surface area contributed by atoms with E-state index in [0.29, 0.717) is 17.8 Å². The maximum atomic E-state index is 12.5. The number of hydrogen-bond acceptors (Lipinski definition) is 4. The first-order chi connectivity index (χ1) is 12.1. The number of imidazole rings is 1. The van der Waals surface area contributed by atoms with E-state index in [1.807, 2.05) is 35.7 Å². The van der Waals surface area contributed by atoms with Gasteiger partial charge in [-0.15, -0.1) is 0 Å². The van der Waals surface area contributed by atoms with Gasteiger partial charge >= 0.3 is 0 Å². The summed E-state index contributed by atoms with van der Waals surface area (Å²) in [7, 11) is 0. The van der Waals surface area contributed by atoms with Crippen LogP contribution in [0, 0.1) is 6.92 Å². The number of amides is 2. The molecule has 3 rings (SSSR count). The van der Waals surface area contributed by atoms with Crippen molar-refractivity contribution >= 4 is 23.0 Å². The fourth-order valence-corrected chi connectivity index (χ4v) is 2.55. The zero-order valence-electron chi connectivity index (χ0n) is 13.8. The summed E-state index contributed by atoms with van der Waals surface area (Å²) in [5.74, 6) is -0.530. The molecule has 7 heteroatoms. The highest BCUT2D eigenvalue weighted by Crippen LogP contribution is 2.16. The first kappa shape index (κ1) is 16.7. The Morgan fingerprint density at radius 1 is 1.24 bits per heavy atom. The summed E-state index contributed by atoms with van der Waals surface area (Å²) in [5, 5.41) is 5.52. The van der Waals surface area contributed by atoms with Crippen LogP contribution in [0.1, 0.15) is 21.6 Å². The molecule has 3 aromatic rings. The summed E-state index contributed by atoms with van der Waals surface area (Å²) >= 11 is 0. The number of benzene rings is 1. The third-order valence-electron chi connectivity index (χ3n) is 3.89. The quantitative estimate of drug-likeness (QED) is 0.656. The number of aromatic nitrogens is 2. The van der Waals surface area contributed by atoms with Gasteiger partial charge in [0, 0.05) is 17.4 Å². The molecule has 0 aliphatic heterocycles. The van der Waals surface area contributed by atoms with Crippen LogP contribution in [0.3, 0.4) is 0 Å². The number of carbonyl (C=O) groups is 2. The van der Waals surface area contributed by atoms with E-state index < -0.39 is 0 Å². The zero-order valence-corrected chi connectivity index (χ0v) is 13.8. The summed E-state index contributed by atoms with van der Waals surface area (Å²) in [6.45, 7) is 2.05. The highest BCUT2D eigenvalue weighted by molar-refractivity contribution is 5.98. The number of pyridine rings is 1. The van der Waals surface area contributed by atoms with Crippen LogP contribution in [-0.2, 0) is 11.3 Å². The minimum Gasteiger partial charge on any atom is -0.346 e. The summed E-state index contributed by atoms with van der Waals surface area (Å²) in [6.07, 6.45) is 3.62. The van der Waals surface area contributed by atoms with E-state index >= 15 is 0 Å². The van der Waals surface area contributed by atoms with Gasteiger partial charge < -0.3 is 20.8 Å². The Labute approximate surface area is 144 Å². The fraction of sp³-hybridized carbons (Fsp3) is 0.167. The van der Waals surface area contributed by atoms with Gasteiger partial charge in [-0.25, -0.2) is 4.98 Å². The van der Waals surface area contributed by atoms with Crippen molar-refractivity contribution in [3.8, 4) is 0 Å². The maximum absolute atomic E-state index is 12.5. The molecule has 0 atom stereocenters. The smallest absolute Gasteiger partial charge is 0.251 e. The Balaban J connectivity index is 1.74. The summed E-state index contributed by atoms with van der Waals surface area (Å²) in [6, 6.07) is 11.0. The van der Waals surface area contributed by atoms with Gasteiger partial charge in [-0.05, 0) is 36.8 Å². The van der Waals surface area contributed by atoms with Gasteiger partial charge in [-0.1, -0.05) is 12.1 Å². The van der Waals surface area contributed by atoms with Gasteiger partial charge in [0.15, 0.2) is 0 Å². The van der Waals surface area contributed by atoms with Gasteiger partial charge in [0.1, 0.15) is 0 Å². The van der Waals surface area contributed by atoms with Crippen LogP contribution in [0.15, 0.2) is 48.9 Å². The Morgan fingerprint density at radius 3 is 2.88 bits per heavy atom. The van der Waals surface area contributed by atoms with Crippen LogP contribution in [0.25, 0.3) is 5.52 Å². The second-order valence-corrected chi connectivity index (χ2v) is 5.65. The maximum Gasteiger partial charge on any atom is 0.251 e. The van der Waals surface area contributed by atoms with E-state index in [0.717, 1.165) is 16.8 Å². The topological polar surface area (TPSA) is 102 Å². The number of aryl methyl sites for hydroxylation is 1. The van der Waals surface area contributed by atoms with Crippen molar-refractivity contribution in [3.63, 3.8) is 0 Å². The molecule has 0 bridgehead atoms. The van der Waals surface area contributed by atoms with E-state index in [9.17, 15) is 9.59 Å². The molecule has 0 fully saturated rings. The highest BCUT2D eigenvalue weighted by Gasteiger charge is 2.12. The van der Waals surface area contributed by atoms with Crippen LogP contribution < -0.4 is 16.4 Å². The first-order valence-electron chi connectivity index (χ1n) is 7.88. The molecule has 4 N–H and O–H groups in total. The van der Waals surface area contributed by atoms with Crippen molar-refractivity contribution in [2.75, 3.05) is 11.9 Å². The number of nitrogens with one attached hydrogen (secondary N) is 2. The first-order valence-corrected chi connectivity index (χ1v) is 7.88. The molecule has 2 amide bonds. The Bertz CT molecular complexity index is 932. The average molecular weight is 337 g/mol. The van der Waals surface area contributed by atoms with Gasteiger partial charge in [0.2, 0.25) is 5.91 Å². The Morgan fingerprint density at radius 2 is 2.08 bits per heavy atom. The van der Waals surface area contributed by atoms with Crippen LogP contribution in [-0.4, -0.2) is 27.7 Å². The summed E-state index contributed by atoms with van der Waals surface area (Å²) in [4.78, 5) is 28.3. The van der Waals surface area contributed by atoms with Crippen LogP contribution in [0.2, 0.25) is 0 Å². The molecule has 0 aliphatic rings. The van der Waals surface area contributed by atoms with Gasteiger partial charge in [0.25, 0.3) is 5.91 Å². The van der Waals surface area contributed by atoms with Crippen molar-refractivity contribution in [1.82, 2.24) is 14.7 Å². The third kappa shape index (κ3) is 3.67. The molecule has 0 radical (unpaired) electrons. The number of fused-ring (bicyclic) bond motifs is 1. The monoisotopic (exact) mass is 337 g/mol. The number of nitrogens with two attached hydrogens (primary N) is 1. The summed E-state index contributed by atoms with van der Waals surface area (Å²) in [5.41, 5.74) is 8.89. The van der Waals surface area contributed by atoms with Crippen molar-refractivity contribution in [1.29, 1.82) is 0 Å². The van der Waals surface area contributed by atoms with Crippen molar-refractivity contribution in [3.05, 3.63) is 65.7 Å². The summed E-state index contributed by atoms with van der Waals surface area (Å²) < 4.78 is 1.90. The molecule has 128 valence electrons. The molecule has 0 saturated carbocycles. The lowest BCUT2D eigenvalue weighted by atomic mass is 10.1. The van der Waals surface area contributed by atoms with Crippen molar-refractivity contribution in [2.24, 2.45) is 5.73 Å². The van der Waals surface area contributed by atoms with E-state index in [-0.39, 0.29) is 18.4 Å². The third-order valence-corrected chi connectivity index (χ3v) is 3.89. The number of nitrogens with zero attached hydrogens (tertiary/aromatic N) is 2. The number of hydrogen-bond donors (Lipinski definition) is 3. The Hall–Kier alpha value is -3.19. The fourth-order valence-electron chi connectivity index (χ4n) is 2.55. The lowest BCUT2D eigenvalue weighted by molar-refractivity contribution is -0.114. The second kappa shape index (κ2) is 7.14. The normalized spacial score (nSPS) is 10.6. The average Bonchev–Trinajstić information content (AvgIpc) is 3.04. The predicted molar refractivity (Wildman–Crippen MR) is 95.2 cm³/mol. The minimum absolute atomic E-state index is 0.108. The second-order valence-electron chi connectivity index (χ2n) is 5.65. The standard InChI is InChI=1S/C18H19N5O2/c1-12-5-6-13(22-17(24)9-19)8-14(12)18(25)20-10-15-16-4-2-3-7-23(16)11-21-15/h2-8,11H,9-10,19H2,1H3,(H,20,25)(H,22,24). The molecule has 0 unspecified atom stereocenters. The number of carbonyl (C=O) groups excluding carboxylic acids is 2. The lowest BCUT2D eigenvalue weighted by Gasteiger charge is -2.10. The SMILES string of the molecule is Cc1ccc(NC(=O)CN)cc1C(=O)NCc1ncn2ccccc12. The van der Waals surface area contributed by atoms with Crippen LogP contribution in [0.4, 0.5) is 5.69 Å². The van der Waals surface area contributed by atoms with E-state index in [4.69, 9.17) is 5.73 Å². The molecule has 0 spiro atoms. The van der Waals surface area contributed by atoms with Crippen molar-refractivity contribution < 1.29 is 9.59 Å². The molecule has 25 heavy (non-hydrogen) atoms. The molecule has 2 aromatic heterocycles. The molecular weight excluding hydrogens is 318 g/mol. The van der Waals surface area contributed by atoms with Crippen LogP contribution in [0.5, 0.6) is 0 Å². The largest absolute Gasteiger partial charge is 0.346 e. The molecule has 7 nitrogen and oxygen atoms in total. The predicted octanol–water partition coefficient (Wildman–Crippen LogP) is 1.47. The lowest BCUT2D eigenvalue weighted by Crippen LogP contribution is -2.25. The zero-order chi connectivity index (χ0) is 17.8. The van der Waals surface area contributed by atoms with Gasteiger partial charge in [0.05, 0.1) is 30.6 Å². The van der Waals surface area contributed by atoms with Gasteiger partial charge in [-0.2, -0.15) is 0 Å². The molecule has 1 aromatic carbocycles. The van der Waals surface area contributed by atoms with E-state index in [1.54, 1.807) is 24.5 Å². The van der Waals surface area contributed by atoms with Crippen molar-refractivity contribution in [2.45, 2.75) is 13.5 Å². The number of anilines is 1. The number of rotatable bonds is 5. The van der Waals surface area contributed by atoms with E-state index in [2.05, 4.69) is 15.6 Å². The van der Waals surface area contributed by atoms with Crippen LogP contribution >= 0.6 is 0 Å². The molecule has 2 heterocycles. The molecule has 0 aliphatic carbocycles. The molecular formula is C18H19N5O2. The minimum atomic E-state index is -0.306. The highest BCUT2D eigenvalue weighted by atomic mass is 16.2. The Kier molecular flexibility index (Phi) is 4.76.